The van der Waals surface area contributed by atoms with Crippen molar-refractivity contribution in [2.75, 3.05) is 18.4 Å². The molecule has 2 aromatic carbocycles. The van der Waals surface area contributed by atoms with E-state index in [1.807, 2.05) is 59.5 Å². The number of likely N-dealkylation sites (tertiary alicyclic amines) is 1. The lowest BCUT2D eigenvalue weighted by molar-refractivity contribution is -0.140. The number of para-hydroxylation sites is 1. The van der Waals surface area contributed by atoms with Crippen LogP contribution >= 0.6 is 11.6 Å². The van der Waals surface area contributed by atoms with E-state index in [1.165, 1.54) is 0 Å². The molecule has 2 aromatic rings. The van der Waals surface area contributed by atoms with E-state index in [1.54, 1.807) is 0 Å². The highest BCUT2D eigenvalue weighted by Gasteiger charge is 2.41. The Morgan fingerprint density at radius 3 is 2.34 bits per heavy atom. The Morgan fingerprint density at radius 1 is 1.07 bits per heavy atom. The number of carbonyl (C=O) groups is 2. The third-order valence-corrected chi connectivity index (χ3v) is 6.39. The number of nitrogens with one attached hydrogen (secondary N) is 1. The maximum absolute atomic E-state index is 13.7. The molecule has 3 rings (SSSR count). The van der Waals surface area contributed by atoms with Crippen molar-refractivity contribution in [2.45, 2.75) is 44.9 Å². The Labute approximate surface area is 178 Å². The zero-order valence-electron chi connectivity index (χ0n) is 17.2. The molecule has 0 aliphatic carbocycles. The number of rotatable bonds is 6. The number of anilines is 1. The third kappa shape index (κ3) is 4.64. The number of nitrogens with zero attached hydrogens (tertiary/aromatic N) is 1. The van der Waals surface area contributed by atoms with Crippen molar-refractivity contribution in [3.05, 3.63) is 65.2 Å². The van der Waals surface area contributed by atoms with E-state index in [0.717, 1.165) is 24.1 Å². The van der Waals surface area contributed by atoms with Gasteiger partial charge in [0.1, 0.15) is 0 Å². The van der Waals surface area contributed by atoms with E-state index in [4.69, 9.17) is 11.6 Å². The summed E-state index contributed by atoms with van der Waals surface area (Å²) in [5.74, 6) is -0.0923. The topological polar surface area (TPSA) is 49.4 Å². The molecule has 1 atom stereocenters. The van der Waals surface area contributed by atoms with Crippen molar-refractivity contribution in [2.24, 2.45) is 5.92 Å². The first-order valence-electron chi connectivity index (χ1n) is 10.4. The number of carbonyl (C=O) groups excluding carboxylic acids is 2. The van der Waals surface area contributed by atoms with Crippen LogP contribution in [0.5, 0.6) is 0 Å². The Hall–Kier alpha value is -2.33. The predicted octanol–water partition coefficient (Wildman–Crippen LogP) is 5.28. The molecular formula is C24H29ClN2O2. The lowest BCUT2D eigenvalue weighted by atomic mass is 9.74. The summed E-state index contributed by atoms with van der Waals surface area (Å²) < 4.78 is 0. The smallest absolute Gasteiger partial charge is 0.233 e. The van der Waals surface area contributed by atoms with Gasteiger partial charge in [0.25, 0.3) is 0 Å². The fourth-order valence-corrected chi connectivity index (χ4v) is 4.42. The summed E-state index contributed by atoms with van der Waals surface area (Å²) in [5.41, 5.74) is 1.20. The third-order valence-electron chi connectivity index (χ3n) is 6.13. The van der Waals surface area contributed by atoms with E-state index in [0.29, 0.717) is 31.0 Å². The van der Waals surface area contributed by atoms with Gasteiger partial charge < -0.3 is 10.2 Å². The SMILES string of the molecule is CCC(CC)(C(=O)N1CCCC(C(=O)Nc2ccccc2)C1)c1ccc(Cl)cc1. The van der Waals surface area contributed by atoms with Crippen LogP contribution in [0, 0.1) is 5.92 Å². The second-order valence-electron chi connectivity index (χ2n) is 7.74. The maximum Gasteiger partial charge on any atom is 0.233 e. The van der Waals surface area contributed by atoms with Crippen LogP contribution in [-0.2, 0) is 15.0 Å². The molecule has 29 heavy (non-hydrogen) atoms. The molecule has 1 fully saturated rings. The number of hydrogen-bond donors (Lipinski definition) is 1. The molecule has 5 heteroatoms. The van der Waals surface area contributed by atoms with Crippen LogP contribution < -0.4 is 5.32 Å². The van der Waals surface area contributed by atoms with Crippen LogP contribution in [-0.4, -0.2) is 29.8 Å². The zero-order valence-corrected chi connectivity index (χ0v) is 17.9. The van der Waals surface area contributed by atoms with Gasteiger partial charge in [-0.1, -0.05) is 55.8 Å². The number of amides is 2. The lowest BCUT2D eigenvalue weighted by Crippen LogP contribution is -2.51. The first-order valence-corrected chi connectivity index (χ1v) is 10.8. The number of hydrogen-bond acceptors (Lipinski definition) is 2. The molecule has 1 aliphatic heterocycles. The summed E-state index contributed by atoms with van der Waals surface area (Å²) in [5, 5.41) is 3.65. The minimum absolute atomic E-state index is 0.0150. The number of piperidine rings is 1. The van der Waals surface area contributed by atoms with Crippen molar-refractivity contribution in [1.29, 1.82) is 0 Å². The fourth-order valence-electron chi connectivity index (χ4n) is 4.30. The Balaban J connectivity index is 1.76. The van der Waals surface area contributed by atoms with Gasteiger partial charge in [-0.2, -0.15) is 0 Å². The molecule has 4 nitrogen and oxygen atoms in total. The van der Waals surface area contributed by atoms with Crippen LogP contribution in [0.15, 0.2) is 54.6 Å². The molecule has 154 valence electrons. The highest BCUT2D eigenvalue weighted by molar-refractivity contribution is 6.30. The zero-order chi connectivity index (χ0) is 20.9. The molecule has 0 bridgehead atoms. The predicted molar refractivity (Wildman–Crippen MR) is 118 cm³/mol. The number of benzene rings is 2. The van der Waals surface area contributed by atoms with E-state index in [9.17, 15) is 9.59 Å². The van der Waals surface area contributed by atoms with Crippen molar-refractivity contribution in [3.8, 4) is 0 Å². The average molecular weight is 413 g/mol. The van der Waals surface area contributed by atoms with Gasteiger partial charge >= 0.3 is 0 Å². The summed E-state index contributed by atoms with van der Waals surface area (Å²) in [6, 6.07) is 17.1. The molecule has 1 heterocycles. The van der Waals surface area contributed by atoms with E-state index in [-0.39, 0.29) is 17.7 Å². The highest BCUT2D eigenvalue weighted by Crippen LogP contribution is 2.36. The molecule has 1 N–H and O–H groups in total. The van der Waals surface area contributed by atoms with Gasteiger partial charge in [-0.05, 0) is 55.5 Å². The van der Waals surface area contributed by atoms with Gasteiger partial charge in [0.15, 0.2) is 0 Å². The summed E-state index contributed by atoms with van der Waals surface area (Å²) in [4.78, 5) is 28.3. The monoisotopic (exact) mass is 412 g/mol. The molecule has 1 unspecified atom stereocenters. The van der Waals surface area contributed by atoms with Crippen LogP contribution in [0.3, 0.4) is 0 Å². The molecule has 0 aromatic heterocycles. The largest absolute Gasteiger partial charge is 0.341 e. The standard InChI is InChI=1S/C24H29ClN2O2/c1-3-24(4-2,19-12-14-20(25)15-13-19)23(29)27-16-8-9-18(17-27)22(28)26-21-10-6-5-7-11-21/h5-7,10-15,18H,3-4,8-9,16-17H2,1-2H3,(H,26,28). The molecule has 0 radical (unpaired) electrons. The van der Waals surface area contributed by atoms with E-state index < -0.39 is 5.41 Å². The summed E-state index contributed by atoms with van der Waals surface area (Å²) in [7, 11) is 0. The second-order valence-corrected chi connectivity index (χ2v) is 8.18. The molecule has 0 saturated carbocycles. The Morgan fingerprint density at radius 2 is 1.72 bits per heavy atom. The molecule has 0 spiro atoms. The second kappa shape index (κ2) is 9.45. The van der Waals surface area contributed by atoms with E-state index in [2.05, 4.69) is 19.2 Å². The van der Waals surface area contributed by atoms with Gasteiger partial charge in [0.05, 0.1) is 11.3 Å². The minimum atomic E-state index is -0.581. The summed E-state index contributed by atoms with van der Waals surface area (Å²) in [6.45, 7) is 5.27. The van der Waals surface area contributed by atoms with Gasteiger partial charge in [-0.15, -0.1) is 0 Å². The minimum Gasteiger partial charge on any atom is -0.341 e. The molecule has 1 saturated heterocycles. The van der Waals surface area contributed by atoms with Gasteiger partial charge in [-0.3, -0.25) is 9.59 Å². The van der Waals surface area contributed by atoms with Crippen LogP contribution in [0.4, 0.5) is 5.69 Å². The molecule has 1 aliphatic rings. The first-order chi connectivity index (χ1) is 14.0. The van der Waals surface area contributed by atoms with Crippen molar-refractivity contribution < 1.29 is 9.59 Å². The fraction of sp³-hybridized carbons (Fsp3) is 0.417. The summed E-state index contributed by atoms with van der Waals surface area (Å²) >= 11 is 6.06. The highest BCUT2D eigenvalue weighted by atomic mass is 35.5. The van der Waals surface area contributed by atoms with Crippen molar-refractivity contribution in [1.82, 2.24) is 4.90 Å². The normalized spacial score (nSPS) is 17.1. The average Bonchev–Trinajstić information content (AvgIpc) is 2.76. The van der Waals surface area contributed by atoms with Crippen molar-refractivity contribution >= 4 is 29.1 Å². The maximum atomic E-state index is 13.7. The van der Waals surface area contributed by atoms with Gasteiger partial charge in [0.2, 0.25) is 11.8 Å². The Bertz CT molecular complexity index is 832. The van der Waals surface area contributed by atoms with Gasteiger partial charge in [0, 0.05) is 23.8 Å². The first kappa shape index (κ1) is 21.4. The Kier molecular flexibility index (Phi) is 6.96. The summed E-state index contributed by atoms with van der Waals surface area (Å²) in [6.07, 6.45) is 3.06. The molecular weight excluding hydrogens is 384 g/mol. The van der Waals surface area contributed by atoms with Crippen LogP contribution in [0.1, 0.15) is 45.1 Å². The van der Waals surface area contributed by atoms with Crippen molar-refractivity contribution in [3.63, 3.8) is 0 Å². The quantitative estimate of drug-likeness (QED) is 0.702. The van der Waals surface area contributed by atoms with Gasteiger partial charge in [-0.25, -0.2) is 0 Å². The van der Waals surface area contributed by atoms with Crippen LogP contribution in [0.2, 0.25) is 5.02 Å². The van der Waals surface area contributed by atoms with Crippen LogP contribution in [0.25, 0.3) is 0 Å². The molecule has 2 amide bonds. The lowest BCUT2D eigenvalue weighted by Gasteiger charge is -2.40. The number of halogens is 1. The van der Waals surface area contributed by atoms with E-state index >= 15 is 0 Å².